The summed E-state index contributed by atoms with van der Waals surface area (Å²) in [5.74, 6) is 1.82. The minimum Gasteiger partial charge on any atom is -0.493 e. The molecule has 3 heteroatoms. The molecule has 0 atom stereocenters. The molecule has 0 spiro atoms. The highest BCUT2D eigenvalue weighted by Gasteiger charge is 2.26. The molecule has 0 radical (unpaired) electrons. The molecule has 0 amide bonds. The van der Waals surface area contributed by atoms with Crippen LogP contribution in [0, 0.1) is 0 Å². The maximum atomic E-state index is 11.6. The average Bonchev–Trinajstić information content (AvgIpc) is 2.66. The van der Waals surface area contributed by atoms with E-state index in [1.807, 2.05) is 6.07 Å². The summed E-state index contributed by atoms with van der Waals surface area (Å²) >= 11 is 0. The van der Waals surface area contributed by atoms with Crippen molar-refractivity contribution in [2.45, 2.75) is 12.8 Å². The maximum Gasteiger partial charge on any atom is 0.170 e. The second-order valence-corrected chi connectivity index (χ2v) is 3.54. The fraction of sp³-hybridized carbons (Fsp3) is 0.364. The van der Waals surface area contributed by atoms with E-state index >= 15 is 0 Å². The lowest BCUT2D eigenvalue weighted by Gasteiger charge is -2.18. The lowest BCUT2D eigenvalue weighted by Crippen LogP contribution is -2.16. The molecule has 0 unspecified atom stereocenters. The predicted octanol–water partition coefficient (Wildman–Crippen LogP) is 1.59. The van der Waals surface area contributed by atoms with E-state index in [-0.39, 0.29) is 5.78 Å². The summed E-state index contributed by atoms with van der Waals surface area (Å²) in [4.78, 5) is 11.6. The van der Waals surface area contributed by atoms with Crippen LogP contribution in [0.5, 0.6) is 11.5 Å². The van der Waals surface area contributed by atoms with E-state index in [4.69, 9.17) is 9.47 Å². The predicted molar refractivity (Wildman–Crippen MR) is 50.1 cm³/mol. The zero-order valence-corrected chi connectivity index (χ0v) is 7.71. The molecule has 0 aromatic heterocycles. The fourth-order valence-electron chi connectivity index (χ4n) is 2.01. The minimum absolute atomic E-state index is 0.181. The van der Waals surface area contributed by atoms with Gasteiger partial charge in [-0.05, 0) is 12.1 Å². The van der Waals surface area contributed by atoms with E-state index in [0.29, 0.717) is 19.6 Å². The molecule has 14 heavy (non-hydrogen) atoms. The quantitative estimate of drug-likeness (QED) is 0.623. The summed E-state index contributed by atoms with van der Waals surface area (Å²) in [6.07, 6.45) is 1.35. The Kier molecular flexibility index (Phi) is 1.54. The monoisotopic (exact) mass is 190 g/mol. The highest BCUT2D eigenvalue weighted by Crippen LogP contribution is 2.38. The van der Waals surface area contributed by atoms with Crippen LogP contribution < -0.4 is 9.47 Å². The van der Waals surface area contributed by atoms with Gasteiger partial charge in [0.05, 0.1) is 18.8 Å². The Morgan fingerprint density at radius 1 is 1.07 bits per heavy atom. The van der Waals surface area contributed by atoms with E-state index in [9.17, 15) is 4.79 Å². The van der Waals surface area contributed by atoms with Crippen molar-refractivity contribution >= 4 is 5.78 Å². The number of carbonyl (C=O) groups is 1. The van der Waals surface area contributed by atoms with Crippen molar-refractivity contribution in [3.8, 4) is 11.5 Å². The molecule has 0 aliphatic carbocycles. The number of rotatable bonds is 0. The van der Waals surface area contributed by atoms with Gasteiger partial charge in [0.1, 0.15) is 11.5 Å². The number of hydrogen-bond donors (Lipinski definition) is 0. The van der Waals surface area contributed by atoms with Gasteiger partial charge in [-0.15, -0.1) is 0 Å². The molecule has 3 rings (SSSR count). The van der Waals surface area contributed by atoms with E-state index < -0.39 is 0 Å². The summed E-state index contributed by atoms with van der Waals surface area (Å²) in [7, 11) is 0. The second kappa shape index (κ2) is 2.74. The van der Waals surface area contributed by atoms with Gasteiger partial charge in [0.2, 0.25) is 0 Å². The van der Waals surface area contributed by atoms with Gasteiger partial charge in [0.15, 0.2) is 5.78 Å². The minimum atomic E-state index is 0.181. The van der Waals surface area contributed by atoms with Crippen LogP contribution in [0.1, 0.15) is 22.3 Å². The van der Waals surface area contributed by atoms with Crippen LogP contribution in [0.3, 0.4) is 0 Å². The molecule has 0 N–H and O–H groups in total. The molecular weight excluding hydrogens is 180 g/mol. The average molecular weight is 190 g/mol. The largest absolute Gasteiger partial charge is 0.493 e. The number of Topliss-reactive ketones (excluding diaryl/α,β-unsaturated/α-hetero) is 1. The standard InChI is InChI=1S/C11H10O3/c12-9-4-6-14-11-7(9)1-2-10-8(11)3-5-13-10/h1-2H,3-6H2. The highest BCUT2D eigenvalue weighted by molar-refractivity contribution is 6.00. The van der Waals surface area contributed by atoms with Gasteiger partial charge in [0, 0.05) is 18.4 Å². The first-order chi connectivity index (χ1) is 6.86. The van der Waals surface area contributed by atoms with E-state index in [1.165, 1.54) is 0 Å². The number of ketones is 1. The summed E-state index contributed by atoms with van der Waals surface area (Å²) in [5.41, 5.74) is 1.79. The Bertz CT molecular complexity index is 409. The van der Waals surface area contributed by atoms with E-state index in [1.54, 1.807) is 6.07 Å². The molecule has 1 aromatic rings. The molecule has 0 saturated heterocycles. The van der Waals surface area contributed by atoms with Crippen LogP contribution in [0.25, 0.3) is 0 Å². The summed E-state index contributed by atoms with van der Waals surface area (Å²) in [6, 6.07) is 3.68. The van der Waals surface area contributed by atoms with Gasteiger partial charge in [-0.1, -0.05) is 0 Å². The van der Waals surface area contributed by atoms with Gasteiger partial charge in [-0.3, -0.25) is 4.79 Å². The van der Waals surface area contributed by atoms with Crippen LogP contribution in [0.4, 0.5) is 0 Å². The summed E-state index contributed by atoms with van der Waals surface area (Å²) < 4.78 is 10.9. The molecule has 2 aliphatic heterocycles. The van der Waals surface area contributed by atoms with Crippen LogP contribution >= 0.6 is 0 Å². The fourth-order valence-corrected chi connectivity index (χ4v) is 2.01. The molecule has 2 heterocycles. The zero-order valence-electron chi connectivity index (χ0n) is 7.71. The van der Waals surface area contributed by atoms with Crippen molar-refractivity contribution in [2.75, 3.05) is 13.2 Å². The second-order valence-electron chi connectivity index (χ2n) is 3.54. The first-order valence-electron chi connectivity index (χ1n) is 4.81. The molecule has 1 aromatic carbocycles. The number of carbonyl (C=O) groups excluding carboxylic acids is 1. The Balaban J connectivity index is 2.22. The van der Waals surface area contributed by atoms with Crippen LogP contribution in [0.15, 0.2) is 12.1 Å². The van der Waals surface area contributed by atoms with Gasteiger partial charge < -0.3 is 9.47 Å². The topological polar surface area (TPSA) is 35.5 Å². The molecule has 72 valence electrons. The van der Waals surface area contributed by atoms with E-state index in [2.05, 4.69) is 0 Å². The van der Waals surface area contributed by atoms with Crippen molar-refractivity contribution in [1.82, 2.24) is 0 Å². The smallest absolute Gasteiger partial charge is 0.170 e. The van der Waals surface area contributed by atoms with Gasteiger partial charge in [-0.2, -0.15) is 0 Å². The third-order valence-electron chi connectivity index (χ3n) is 2.70. The normalized spacial score (nSPS) is 18.1. The molecule has 0 saturated carbocycles. The molecule has 0 bridgehead atoms. The Morgan fingerprint density at radius 3 is 2.86 bits per heavy atom. The van der Waals surface area contributed by atoms with E-state index in [0.717, 1.165) is 29.0 Å². The lowest BCUT2D eigenvalue weighted by molar-refractivity contribution is 0.0933. The zero-order chi connectivity index (χ0) is 9.54. The van der Waals surface area contributed by atoms with Crippen molar-refractivity contribution in [1.29, 1.82) is 0 Å². The third kappa shape index (κ3) is 0.953. The molecule has 2 aliphatic rings. The number of benzene rings is 1. The summed E-state index contributed by atoms with van der Waals surface area (Å²) in [5, 5.41) is 0. The molecular formula is C11H10O3. The molecule has 3 nitrogen and oxygen atoms in total. The molecule has 0 fully saturated rings. The van der Waals surface area contributed by atoms with Crippen molar-refractivity contribution in [2.24, 2.45) is 0 Å². The van der Waals surface area contributed by atoms with Crippen LogP contribution in [-0.2, 0) is 6.42 Å². The van der Waals surface area contributed by atoms with Crippen molar-refractivity contribution < 1.29 is 14.3 Å². The first-order valence-corrected chi connectivity index (χ1v) is 4.81. The SMILES string of the molecule is O=C1CCOc2c1ccc1c2CCO1. The number of fused-ring (bicyclic) bond motifs is 3. The Hall–Kier alpha value is -1.51. The first kappa shape index (κ1) is 7.85. The van der Waals surface area contributed by atoms with Crippen molar-refractivity contribution in [3.63, 3.8) is 0 Å². The van der Waals surface area contributed by atoms with Gasteiger partial charge >= 0.3 is 0 Å². The number of hydrogen-bond acceptors (Lipinski definition) is 3. The summed E-state index contributed by atoms with van der Waals surface area (Å²) in [6.45, 7) is 1.20. The number of ether oxygens (including phenoxy) is 2. The Morgan fingerprint density at radius 2 is 1.93 bits per heavy atom. The van der Waals surface area contributed by atoms with Gasteiger partial charge in [0.25, 0.3) is 0 Å². The Labute approximate surface area is 81.6 Å². The van der Waals surface area contributed by atoms with Crippen molar-refractivity contribution in [3.05, 3.63) is 23.3 Å². The van der Waals surface area contributed by atoms with Crippen LogP contribution in [-0.4, -0.2) is 19.0 Å². The van der Waals surface area contributed by atoms with Gasteiger partial charge in [-0.25, -0.2) is 0 Å². The third-order valence-corrected chi connectivity index (χ3v) is 2.70. The van der Waals surface area contributed by atoms with Crippen LogP contribution in [0.2, 0.25) is 0 Å². The lowest BCUT2D eigenvalue weighted by atomic mass is 10.00. The highest BCUT2D eigenvalue weighted by atomic mass is 16.5. The maximum absolute atomic E-state index is 11.6.